The zero-order chi connectivity index (χ0) is 12.2. The number of carbonyl (C=O) groups is 1. The van der Waals surface area contributed by atoms with E-state index in [0.717, 1.165) is 10.0 Å². The zero-order valence-electron chi connectivity index (χ0n) is 7.81. The Morgan fingerprint density at radius 1 is 1.50 bits per heavy atom. The van der Waals surface area contributed by atoms with E-state index in [0.29, 0.717) is 0 Å². The lowest BCUT2D eigenvalue weighted by Gasteiger charge is -2.04. The fourth-order valence-corrected chi connectivity index (χ4v) is 1.80. The predicted molar refractivity (Wildman–Crippen MR) is 62.2 cm³/mol. The standard InChI is InChI=1S/C8H7BrClNO4S/c9-7-3-1-2-6(4-7)5-15-8(12)11-16(10,13)14/h1-4H,5H2,(H,11,12). The second kappa shape index (κ2) is 5.51. The van der Waals surface area contributed by atoms with Gasteiger partial charge in [0.2, 0.25) is 0 Å². The van der Waals surface area contributed by atoms with Crippen molar-refractivity contribution in [2.45, 2.75) is 6.61 Å². The highest BCUT2D eigenvalue weighted by atomic mass is 79.9. The number of ether oxygens (including phenoxy) is 1. The third-order valence-corrected chi connectivity index (χ3v) is 2.60. The SMILES string of the molecule is O=C(NS(=O)(=O)Cl)OCc1cccc(Br)c1. The molecule has 1 aromatic carbocycles. The van der Waals surface area contributed by atoms with Crippen molar-refractivity contribution in [3.63, 3.8) is 0 Å². The Kier molecular flexibility index (Phi) is 4.57. The van der Waals surface area contributed by atoms with Gasteiger partial charge in [0.05, 0.1) is 0 Å². The van der Waals surface area contributed by atoms with Gasteiger partial charge < -0.3 is 4.74 Å². The highest BCUT2D eigenvalue weighted by molar-refractivity contribution is 9.10. The summed E-state index contributed by atoms with van der Waals surface area (Å²) in [6, 6.07) is 7.04. The van der Waals surface area contributed by atoms with Crippen LogP contribution in [0, 0.1) is 0 Å². The first-order valence-corrected chi connectivity index (χ1v) is 7.10. The number of hydrogen-bond donors (Lipinski definition) is 1. The smallest absolute Gasteiger partial charge is 0.422 e. The van der Waals surface area contributed by atoms with Gasteiger partial charge in [-0.2, -0.15) is 8.42 Å². The number of hydrogen-bond acceptors (Lipinski definition) is 4. The molecule has 0 saturated carbocycles. The van der Waals surface area contributed by atoms with E-state index < -0.39 is 15.3 Å². The summed E-state index contributed by atoms with van der Waals surface area (Å²) in [6.07, 6.45) is -1.12. The molecule has 0 aliphatic rings. The van der Waals surface area contributed by atoms with E-state index in [-0.39, 0.29) is 6.61 Å². The van der Waals surface area contributed by atoms with Crippen LogP contribution < -0.4 is 4.72 Å². The lowest BCUT2D eigenvalue weighted by atomic mass is 10.2. The molecule has 1 rings (SSSR count). The number of rotatable bonds is 3. The van der Waals surface area contributed by atoms with Gasteiger partial charge in [0.1, 0.15) is 6.61 Å². The van der Waals surface area contributed by atoms with Crippen LogP contribution in [0.25, 0.3) is 0 Å². The van der Waals surface area contributed by atoms with Crippen LogP contribution in [0.4, 0.5) is 4.79 Å². The Balaban J connectivity index is 2.49. The van der Waals surface area contributed by atoms with Gasteiger partial charge in [-0.3, -0.25) is 0 Å². The summed E-state index contributed by atoms with van der Waals surface area (Å²) in [5, 5.41) is 0. The largest absolute Gasteiger partial charge is 0.444 e. The number of amides is 1. The number of carbonyl (C=O) groups excluding carboxylic acids is 1. The van der Waals surface area contributed by atoms with Crippen LogP contribution in [0.1, 0.15) is 5.56 Å². The van der Waals surface area contributed by atoms with Crippen molar-refractivity contribution in [3.8, 4) is 0 Å². The van der Waals surface area contributed by atoms with E-state index in [1.54, 1.807) is 18.2 Å². The molecule has 0 bridgehead atoms. The van der Waals surface area contributed by atoms with Crippen molar-refractivity contribution in [2.24, 2.45) is 0 Å². The van der Waals surface area contributed by atoms with E-state index >= 15 is 0 Å². The quantitative estimate of drug-likeness (QED) is 0.863. The van der Waals surface area contributed by atoms with Crippen LogP contribution >= 0.6 is 26.6 Å². The topological polar surface area (TPSA) is 72.5 Å². The van der Waals surface area contributed by atoms with Crippen LogP contribution in [0.2, 0.25) is 0 Å². The van der Waals surface area contributed by atoms with Crippen LogP contribution in [0.15, 0.2) is 28.7 Å². The molecule has 0 fully saturated rings. The van der Waals surface area contributed by atoms with Crippen LogP contribution in [-0.2, 0) is 20.6 Å². The second-order valence-corrected chi connectivity index (χ2v) is 5.96. The minimum absolute atomic E-state index is 0.0440. The van der Waals surface area contributed by atoms with Crippen molar-refractivity contribution >= 4 is 41.9 Å². The summed E-state index contributed by atoms with van der Waals surface area (Å²) in [7, 11) is 0.690. The van der Waals surface area contributed by atoms with E-state index in [1.807, 2.05) is 6.07 Å². The minimum Gasteiger partial charge on any atom is -0.444 e. The monoisotopic (exact) mass is 327 g/mol. The summed E-state index contributed by atoms with van der Waals surface area (Å²) in [4.78, 5) is 10.9. The Bertz CT molecular complexity index is 491. The molecule has 0 aliphatic carbocycles. The van der Waals surface area contributed by atoms with Gasteiger partial charge >= 0.3 is 15.3 Å². The van der Waals surface area contributed by atoms with Crippen molar-refractivity contribution in [1.29, 1.82) is 0 Å². The molecule has 0 radical (unpaired) electrons. The van der Waals surface area contributed by atoms with Crippen LogP contribution in [0.5, 0.6) is 0 Å². The molecule has 1 aromatic rings. The number of benzene rings is 1. The molecule has 5 nitrogen and oxygen atoms in total. The summed E-state index contributed by atoms with van der Waals surface area (Å²) in [6.45, 7) is -0.0440. The molecule has 0 saturated heterocycles. The Hall–Kier alpha value is -0.790. The van der Waals surface area contributed by atoms with E-state index in [2.05, 4.69) is 20.7 Å². The van der Waals surface area contributed by atoms with Gasteiger partial charge in [-0.05, 0) is 17.7 Å². The summed E-state index contributed by atoms with van der Waals surface area (Å²) < 4.78 is 27.8. The first-order chi connectivity index (χ1) is 7.37. The first kappa shape index (κ1) is 13.3. The fraction of sp³-hybridized carbons (Fsp3) is 0.125. The van der Waals surface area contributed by atoms with Gasteiger partial charge in [0.15, 0.2) is 0 Å². The summed E-state index contributed by atoms with van der Waals surface area (Å²) in [5.41, 5.74) is 0.719. The van der Waals surface area contributed by atoms with Crippen LogP contribution in [0.3, 0.4) is 0 Å². The maximum absolute atomic E-state index is 10.9. The van der Waals surface area contributed by atoms with Gasteiger partial charge in [-0.1, -0.05) is 28.1 Å². The molecule has 8 heteroatoms. The molecule has 16 heavy (non-hydrogen) atoms. The third kappa shape index (κ3) is 5.34. The summed E-state index contributed by atoms with van der Waals surface area (Å²) in [5.74, 6) is 0. The molecule has 0 aliphatic heterocycles. The van der Waals surface area contributed by atoms with Gasteiger partial charge in [0.25, 0.3) is 0 Å². The van der Waals surface area contributed by atoms with Gasteiger partial charge in [0, 0.05) is 15.2 Å². The molecule has 1 N–H and O–H groups in total. The Morgan fingerprint density at radius 3 is 2.75 bits per heavy atom. The lowest BCUT2D eigenvalue weighted by Crippen LogP contribution is -2.27. The highest BCUT2D eigenvalue weighted by Crippen LogP contribution is 2.12. The molecule has 0 unspecified atom stereocenters. The van der Waals surface area contributed by atoms with Crippen molar-refractivity contribution in [2.75, 3.05) is 0 Å². The minimum atomic E-state index is -4.10. The van der Waals surface area contributed by atoms with Crippen molar-refractivity contribution < 1.29 is 17.9 Å². The maximum atomic E-state index is 10.9. The predicted octanol–water partition coefficient (Wildman–Crippen LogP) is 2.16. The van der Waals surface area contributed by atoms with Crippen LogP contribution in [-0.4, -0.2) is 14.5 Å². The third-order valence-electron chi connectivity index (χ3n) is 1.46. The Labute approximate surface area is 105 Å². The average Bonchev–Trinajstić information content (AvgIpc) is 2.12. The fourth-order valence-electron chi connectivity index (χ4n) is 0.905. The summed E-state index contributed by atoms with van der Waals surface area (Å²) >= 11 is 3.24. The van der Waals surface area contributed by atoms with Gasteiger partial charge in [-0.25, -0.2) is 9.52 Å². The Morgan fingerprint density at radius 2 is 2.19 bits per heavy atom. The molecule has 0 heterocycles. The van der Waals surface area contributed by atoms with E-state index in [9.17, 15) is 13.2 Å². The van der Waals surface area contributed by atoms with Crippen molar-refractivity contribution in [3.05, 3.63) is 34.3 Å². The molecule has 0 spiro atoms. The van der Waals surface area contributed by atoms with Crippen molar-refractivity contribution in [1.82, 2.24) is 4.72 Å². The molecule has 0 atom stereocenters. The molecular weight excluding hydrogens is 322 g/mol. The molecular formula is C8H7BrClNO4S. The molecule has 1 amide bonds. The maximum Gasteiger partial charge on any atom is 0.422 e. The number of nitrogens with one attached hydrogen (secondary N) is 1. The zero-order valence-corrected chi connectivity index (χ0v) is 11.0. The highest BCUT2D eigenvalue weighted by Gasteiger charge is 2.11. The first-order valence-electron chi connectivity index (χ1n) is 4.00. The second-order valence-electron chi connectivity index (χ2n) is 2.75. The lowest BCUT2D eigenvalue weighted by molar-refractivity contribution is 0.146. The normalized spacial score (nSPS) is 10.9. The average molecular weight is 329 g/mol. The molecule has 88 valence electrons. The molecule has 0 aromatic heterocycles. The van der Waals surface area contributed by atoms with Gasteiger partial charge in [-0.15, -0.1) is 0 Å². The van der Waals surface area contributed by atoms with E-state index in [4.69, 9.17) is 10.7 Å². The van der Waals surface area contributed by atoms with E-state index in [1.165, 1.54) is 4.72 Å². The number of halogens is 2.